The van der Waals surface area contributed by atoms with Crippen LogP contribution < -0.4 is 0 Å². The first-order valence-electron chi connectivity index (χ1n) is 7.37. The van der Waals surface area contributed by atoms with E-state index in [-0.39, 0.29) is 0 Å². The van der Waals surface area contributed by atoms with Crippen molar-refractivity contribution >= 4 is 11.1 Å². The second-order valence-electron chi connectivity index (χ2n) is 5.23. The number of nitrogens with zero attached hydrogens (tertiary/aromatic N) is 1. The van der Waals surface area contributed by atoms with Crippen molar-refractivity contribution in [2.24, 2.45) is 0 Å². The van der Waals surface area contributed by atoms with Crippen molar-refractivity contribution in [2.45, 2.75) is 13.3 Å². The largest absolute Gasteiger partial charge is 0.464 e. The van der Waals surface area contributed by atoms with Crippen LogP contribution in [0.5, 0.6) is 0 Å². The molecule has 3 heteroatoms. The zero-order valence-electron chi connectivity index (χ0n) is 12.2. The number of aryl methyl sites for hydroxylation is 1. The normalized spacial score (nSPS) is 11.1. The quantitative estimate of drug-likeness (QED) is 0.512. The Hall–Kier alpha value is -2.81. The summed E-state index contributed by atoms with van der Waals surface area (Å²) in [5.41, 5.74) is 4.90. The first kappa shape index (κ1) is 12.9. The molecule has 2 aromatic heterocycles. The summed E-state index contributed by atoms with van der Waals surface area (Å²) in [4.78, 5) is 4.58. The molecule has 2 aromatic carbocycles. The fourth-order valence-corrected chi connectivity index (χ4v) is 2.57. The molecule has 4 rings (SSSR count). The third-order valence-corrected chi connectivity index (χ3v) is 3.78. The van der Waals surface area contributed by atoms with Gasteiger partial charge in [-0.1, -0.05) is 19.1 Å². The molecule has 0 aliphatic rings. The average Bonchev–Trinajstić information content (AvgIpc) is 3.23. The molecule has 108 valence electrons. The maximum atomic E-state index is 5.94. The Kier molecular flexibility index (Phi) is 3.04. The van der Waals surface area contributed by atoms with Gasteiger partial charge in [0, 0.05) is 11.1 Å². The Morgan fingerprint density at radius 3 is 2.73 bits per heavy atom. The van der Waals surface area contributed by atoms with Gasteiger partial charge < -0.3 is 8.83 Å². The molecule has 2 heterocycles. The topological polar surface area (TPSA) is 39.2 Å². The minimum atomic E-state index is 0.655. The van der Waals surface area contributed by atoms with Gasteiger partial charge in [-0.25, -0.2) is 4.98 Å². The number of hydrogen-bond donors (Lipinski definition) is 0. The van der Waals surface area contributed by atoms with E-state index in [1.807, 2.05) is 42.5 Å². The summed E-state index contributed by atoms with van der Waals surface area (Å²) in [6, 6.07) is 18.0. The van der Waals surface area contributed by atoms with Crippen LogP contribution in [0, 0.1) is 0 Å². The first-order chi connectivity index (χ1) is 10.8. The van der Waals surface area contributed by atoms with E-state index in [9.17, 15) is 0 Å². The van der Waals surface area contributed by atoms with Crippen LogP contribution in [0.15, 0.2) is 69.7 Å². The van der Waals surface area contributed by atoms with E-state index in [1.54, 1.807) is 6.26 Å². The molecule has 0 saturated heterocycles. The van der Waals surface area contributed by atoms with Crippen LogP contribution in [0.25, 0.3) is 33.9 Å². The van der Waals surface area contributed by atoms with E-state index in [0.29, 0.717) is 5.89 Å². The molecular weight excluding hydrogens is 274 g/mol. The SMILES string of the molecule is CCc1cccc(-c2nc3ccc(-c4ccco4)cc3o2)c1. The molecule has 0 fully saturated rings. The van der Waals surface area contributed by atoms with Crippen LogP contribution in [0.2, 0.25) is 0 Å². The van der Waals surface area contributed by atoms with Crippen LogP contribution in [0.4, 0.5) is 0 Å². The lowest BCUT2D eigenvalue weighted by Crippen LogP contribution is -1.82. The van der Waals surface area contributed by atoms with Gasteiger partial charge in [0.2, 0.25) is 5.89 Å². The van der Waals surface area contributed by atoms with Gasteiger partial charge in [-0.15, -0.1) is 0 Å². The molecule has 3 nitrogen and oxygen atoms in total. The van der Waals surface area contributed by atoms with Crippen LogP contribution in [0.3, 0.4) is 0 Å². The average molecular weight is 289 g/mol. The van der Waals surface area contributed by atoms with E-state index < -0.39 is 0 Å². The third kappa shape index (κ3) is 2.21. The molecule has 0 aliphatic carbocycles. The molecule has 0 radical (unpaired) electrons. The summed E-state index contributed by atoms with van der Waals surface area (Å²) in [6.45, 7) is 2.14. The zero-order valence-corrected chi connectivity index (χ0v) is 12.2. The summed E-state index contributed by atoms with van der Waals surface area (Å²) in [5, 5.41) is 0. The Morgan fingerprint density at radius 1 is 0.955 bits per heavy atom. The molecule has 22 heavy (non-hydrogen) atoms. The van der Waals surface area contributed by atoms with Gasteiger partial charge in [-0.05, 0) is 54.4 Å². The zero-order chi connectivity index (χ0) is 14.9. The number of benzene rings is 2. The summed E-state index contributed by atoms with van der Waals surface area (Å²) in [7, 11) is 0. The molecule has 0 spiro atoms. The molecule has 0 atom stereocenters. The number of oxazole rings is 1. The minimum Gasteiger partial charge on any atom is -0.464 e. The molecule has 0 N–H and O–H groups in total. The van der Waals surface area contributed by atoms with Gasteiger partial charge in [0.05, 0.1) is 6.26 Å². The summed E-state index contributed by atoms with van der Waals surface area (Å²) < 4.78 is 11.4. The van der Waals surface area contributed by atoms with Gasteiger partial charge >= 0.3 is 0 Å². The molecule has 0 aliphatic heterocycles. The number of furan rings is 1. The number of hydrogen-bond acceptors (Lipinski definition) is 3. The van der Waals surface area contributed by atoms with Crippen molar-refractivity contribution in [3.63, 3.8) is 0 Å². The van der Waals surface area contributed by atoms with Gasteiger partial charge in [-0.2, -0.15) is 0 Å². The Morgan fingerprint density at radius 2 is 1.91 bits per heavy atom. The van der Waals surface area contributed by atoms with Crippen molar-refractivity contribution in [3.05, 3.63) is 66.4 Å². The second-order valence-corrected chi connectivity index (χ2v) is 5.23. The maximum Gasteiger partial charge on any atom is 0.227 e. The van der Waals surface area contributed by atoms with E-state index in [1.165, 1.54) is 5.56 Å². The molecule has 0 bridgehead atoms. The fourth-order valence-electron chi connectivity index (χ4n) is 2.57. The van der Waals surface area contributed by atoms with Gasteiger partial charge in [0.25, 0.3) is 0 Å². The maximum absolute atomic E-state index is 5.94. The van der Waals surface area contributed by atoms with Gasteiger partial charge in [0.1, 0.15) is 11.3 Å². The lowest BCUT2D eigenvalue weighted by Gasteiger charge is -1.98. The molecule has 0 saturated carbocycles. The number of aromatic nitrogens is 1. The van der Waals surface area contributed by atoms with E-state index in [2.05, 4.69) is 24.0 Å². The van der Waals surface area contributed by atoms with Crippen molar-refractivity contribution in [3.8, 4) is 22.8 Å². The number of rotatable bonds is 3. The predicted octanol–water partition coefficient (Wildman–Crippen LogP) is 5.32. The highest BCUT2D eigenvalue weighted by Gasteiger charge is 2.10. The summed E-state index contributed by atoms with van der Waals surface area (Å²) >= 11 is 0. The van der Waals surface area contributed by atoms with Crippen molar-refractivity contribution in [1.82, 2.24) is 4.98 Å². The molecule has 0 amide bonds. The second kappa shape index (κ2) is 5.19. The van der Waals surface area contributed by atoms with Gasteiger partial charge in [0.15, 0.2) is 5.58 Å². The number of fused-ring (bicyclic) bond motifs is 1. The summed E-state index contributed by atoms with van der Waals surface area (Å²) in [6.07, 6.45) is 2.66. The standard InChI is InChI=1S/C19H15NO2/c1-2-13-5-3-6-15(11-13)19-20-16-9-8-14(12-18(16)22-19)17-7-4-10-21-17/h3-12H,2H2,1H3. The highest BCUT2D eigenvalue weighted by Crippen LogP contribution is 2.29. The molecule has 4 aromatic rings. The van der Waals surface area contributed by atoms with Crippen LogP contribution in [0.1, 0.15) is 12.5 Å². The van der Waals surface area contributed by atoms with Crippen LogP contribution >= 0.6 is 0 Å². The lowest BCUT2D eigenvalue weighted by atomic mass is 10.1. The Labute approximate surface area is 128 Å². The third-order valence-electron chi connectivity index (χ3n) is 3.78. The van der Waals surface area contributed by atoms with Crippen molar-refractivity contribution < 1.29 is 8.83 Å². The lowest BCUT2D eigenvalue weighted by molar-refractivity contribution is 0.581. The molecular formula is C19H15NO2. The van der Waals surface area contributed by atoms with E-state index >= 15 is 0 Å². The Bertz CT molecular complexity index is 920. The van der Waals surface area contributed by atoms with Crippen molar-refractivity contribution in [1.29, 1.82) is 0 Å². The highest BCUT2D eigenvalue weighted by atomic mass is 16.3. The van der Waals surface area contributed by atoms with E-state index in [4.69, 9.17) is 8.83 Å². The van der Waals surface area contributed by atoms with Crippen LogP contribution in [-0.4, -0.2) is 4.98 Å². The fraction of sp³-hybridized carbons (Fsp3) is 0.105. The van der Waals surface area contributed by atoms with Crippen LogP contribution in [-0.2, 0) is 6.42 Å². The summed E-state index contributed by atoms with van der Waals surface area (Å²) in [5.74, 6) is 1.48. The predicted molar refractivity (Wildman–Crippen MR) is 86.5 cm³/mol. The van der Waals surface area contributed by atoms with Gasteiger partial charge in [-0.3, -0.25) is 0 Å². The molecule has 0 unspecified atom stereocenters. The smallest absolute Gasteiger partial charge is 0.227 e. The minimum absolute atomic E-state index is 0.655. The Balaban J connectivity index is 1.80. The van der Waals surface area contributed by atoms with E-state index in [0.717, 1.165) is 34.4 Å². The monoisotopic (exact) mass is 289 g/mol. The first-order valence-corrected chi connectivity index (χ1v) is 7.37. The highest BCUT2D eigenvalue weighted by molar-refractivity contribution is 5.81. The van der Waals surface area contributed by atoms with Crippen molar-refractivity contribution in [2.75, 3.05) is 0 Å².